The molecule has 0 aliphatic heterocycles. The fourth-order valence-electron chi connectivity index (χ4n) is 2.98. The first kappa shape index (κ1) is 19.0. The third-order valence-electron chi connectivity index (χ3n) is 5.38. The first-order chi connectivity index (χ1) is 11.2. The molecular weight excluding hydrogens is 328 g/mol. The van der Waals surface area contributed by atoms with Gasteiger partial charge in [-0.05, 0) is 46.0 Å². The minimum Gasteiger partial charge on any atom is -0.341 e. The van der Waals surface area contributed by atoms with Gasteiger partial charge in [0.25, 0.3) is 5.91 Å². The van der Waals surface area contributed by atoms with Crippen molar-refractivity contribution < 1.29 is 18.0 Å². The molecule has 2 atom stereocenters. The van der Waals surface area contributed by atoms with Crippen molar-refractivity contribution in [2.75, 3.05) is 0 Å². The van der Waals surface area contributed by atoms with Gasteiger partial charge in [-0.25, -0.2) is 8.42 Å². The SMILES string of the molecule is CC=CC1CC1(NC(=O)C(CC)CC)C(=O)NS(=O)(=O)C1(C)CC1. The number of amides is 2. The van der Waals surface area contributed by atoms with E-state index in [1.165, 1.54) is 0 Å². The fourth-order valence-corrected chi connectivity index (χ4v) is 4.29. The maximum absolute atomic E-state index is 12.7. The van der Waals surface area contributed by atoms with Gasteiger partial charge in [0.1, 0.15) is 5.54 Å². The molecule has 2 unspecified atom stereocenters. The zero-order valence-corrected chi connectivity index (χ0v) is 15.7. The van der Waals surface area contributed by atoms with Crippen molar-refractivity contribution in [3.05, 3.63) is 12.2 Å². The molecule has 2 amide bonds. The van der Waals surface area contributed by atoms with Crippen LogP contribution in [0.25, 0.3) is 0 Å². The van der Waals surface area contributed by atoms with Gasteiger partial charge in [0.05, 0.1) is 4.75 Å². The molecule has 0 spiro atoms. The Morgan fingerprint density at radius 3 is 2.29 bits per heavy atom. The Hall–Kier alpha value is -1.37. The average Bonchev–Trinajstić information content (AvgIpc) is 3.39. The number of rotatable bonds is 8. The van der Waals surface area contributed by atoms with E-state index in [0.29, 0.717) is 32.1 Å². The summed E-state index contributed by atoms with van der Waals surface area (Å²) in [4.78, 5) is 25.1. The van der Waals surface area contributed by atoms with Crippen LogP contribution in [0.3, 0.4) is 0 Å². The lowest BCUT2D eigenvalue weighted by Crippen LogP contribution is -2.54. The molecule has 7 heteroatoms. The van der Waals surface area contributed by atoms with Crippen LogP contribution in [0.15, 0.2) is 12.2 Å². The van der Waals surface area contributed by atoms with Gasteiger partial charge >= 0.3 is 0 Å². The predicted molar refractivity (Wildman–Crippen MR) is 92.6 cm³/mol. The Bertz CT molecular complexity index is 648. The van der Waals surface area contributed by atoms with Crippen LogP contribution in [-0.4, -0.2) is 30.5 Å². The van der Waals surface area contributed by atoms with Crippen LogP contribution >= 0.6 is 0 Å². The Balaban J connectivity index is 2.16. The quantitative estimate of drug-likeness (QED) is 0.650. The van der Waals surface area contributed by atoms with Gasteiger partial charge in [0.2, 0.25) is 15.9 Å². The van der Waals surface area contributed by atoms with Crippen LogP contribution < -0.4 is 10.0 Å². The van der Waals surface area contributed by atoms with E-state index in [9.17, 15) is 18.0 Å². The summed E-state index contributed by atoms with van der Waals surface area (Å²) in [6.07, 6.45) is 6.58. The minimum atomic E-state index is -3.71. The van der Waals surface area contributed by atoms with Gasteiger partial charge < -0.3 is 5.32 Å². The zero-order chi connectivity index (χ0) is 18.2. The zero-order valence-electron chi connectivity index (χ0n) is 14.9. The summed E-state index contributed by atoms with van der Waals surface area (Å²) in [6.45, 7) is 7.32. The molecule has 6 nitrogen and oxygen atoms in total. The average molecular weight is 356 g/mol. The van der Waals surface area contributed by atoms with Gasteiger partial charge in [-0.15, -0.1) is 0 Å². The minimum absolute atomic E-state index is 0.164. The van der Waals surface area contributed by atoms with Crippen molar-refractivity contribution in [2.45, 2.75) is 70.1 Å². The van der Waals surface area contributed by atoms with E-state index in [2.05, 4.69) is 10.0 Å². The Labute approximate surface area is 144 Å². The molecule has 2 aliphatic rings. The molecule has 0 radical (unpaired) electrons. The lowest BCUT2D eigenvalue weighted by Gasteiger charge is -2.22. The van der Waals surface area contributed by atoms with Crippen LogP contribution in [0.4, 0.5) is 0 Å². The summed E-state index contributed by atoms with van der Waals surface area (Å²) in [7, 11) is -3.71. The summed E-state index contributed by atoms with van der Waals surface area (Å²) in [5, 5.41) is 2.83. The third kappa shape index (κ3) is 3.36. The molecule has 2 rings (SSSR count). The van der Waals surface area contributed by atoms with Crippen LogP contribution in [0.5, 0.6) is 0 Å². The highest BCUT2D eigenvalue weighted by molar-refractivity contribution is 7.91. The number of allylic oxidation sites excluding steroid dienone is 1. The van der Waals surface area contributed by atoms with E-state index >= 15 is 0 Å². The number of hydrogen-bond donors (Lipinski definition) is 2. The Morgan fingerprint density at radius 1 is 1.25 bits per heavy atom. The van der Waals surface area contributed by atoms with Crippen LogP contribution in [0, 0.1) is 11.8 Å². The lowest BCUT2D eigenvalue weighted by atomic mass is 10.0. The standard InChI is InChI=1S/C17H28N2O4S/c1-5-8-13-11-17(13,18-14(20)12(6-2)7-3)15(21)19-24(22,23)16(4)9-10-16/h5,8,12-13H,6-7,9-11H2,1-4H3,(H,18,20)(H,19,21). The molecule has 0 bridgehead atoms. The van der Waals surface area contributed by atoms with Crippen LogP contribution in [0.1, 0.15) is 59.8 Å². The molecule has 2 fully saturated rings. The van der Waals surface area contributed by atoms with E-state index in [1.54, 1.807) is 6.92 Å². The first-order valence-electron chi connectivity index (χ1n) is 8.67. The van der Waals surface area contributed by atoms with Crippen molar-refractivity contribution in [3.8, 4) is 0 Å². The summed E-state index contributed by atoms with van der Waals surface area (Å²) in [5.74, 6) is -1.13. The van der Waals surface area contributed by atoms with Gasteiger partial charge in [-0.3, -0.25) is 14.3 Å². The lowest BCUT2D eigenvalue weighted by molar-refractivity contribution is -0.131. The second-order valence-corrected chi connectivity index (χ2v) is 9.39. The Kier molecular flexibility index (Phi) is 5.14. The van der Waals surface area contributed by atoms with Crippen molar-refractivity contribution in [2.24, 2.45) is 11.8 Å². The fraction of sp³-hybridized carbons (Fsp3) is 0.765. The molecule has 0 heterocycles. The monoisotopic (exact) mass is 356 g/mol. The van der Waals surface area contributed by atoms with Crippen molar-refractivity contribution in [1.82, 2.24) is 10.0 Å². The van der Waals surface area contributed by atoms with Crippen molar-refractivity contribution in [1.29, 1.82) is 0 Å². The first-order valence-corrected chi connectivity index (χ1v) is 10.2. The molecule has 0 saturated heterocycles. The molecule has 0 aromatic rings. The largest absolute Gasteiger partial charge is 0.341 e. The molecule has 136 valence electrons. The van der Waals surface area contributed by atoms with Gasteiger partial charge in [-0.1, -0.05) is 26.0 Å². The number of carbonyl (C=O) groups is 2. The Morgan fingerprint density at radius 2 is 1.83 bits per heavy atom. The highest BCUT2D eigenvalue weighted by Gasteiger charge is 2.62. The maximum atomic E-state index is 12.7. The number of sulfonamides is 1. The van der Waals surface area contributed by atoms with E-state index in [0.717, 1.165) is 0 Å². The van der Waals surface area contributed by atoms with Crippen molar-refractivity contribution >= 4 is 21.8 Å². The molecule has 0 aromatic carbocycles. The highest BCUT2D eigenvalue weighted by Crippen LogP contribution is 2.47. The molecule has 0 aromatic heterocycles. The predicted octanol–water partition coefficient (Wildman–Crippen LogP) is 1.87. The van der Waals surface area contributed by atoms with Gasteiger partial charge in [-0.2, -0.15) is 0 Å². The second-order valence-electron chi connectivity index (χ2n) is 7.19. The topological polar surface area (TPSA) is 92.3 Å². The van der Waals surface area contributed by atoms with Crippen LogP contribution in [0.2, 0.25) is 0 Å². The van der Waals surface area contributed by atoms with E-state index in [-0.39, 0.29) is 17.7 Å². The number of hydrogen-bond acceptors (Lipinski definition) is 4. The van der Waals surface area contributed by atoms with Crippen molar-refractivity contribution in [3.63, 3.8) is 0 Å². The highest BCUT2D eigenvalue weighted by atomic mass is 32.2. The molecule has 2 N–H and O–H groups in total. The normalized spacial score (nSPS) is 28.0. The second kappa shape index (κ2) is 6.50. The summed E-state index contributed by atoms with van der Waals surface area (Å²) >= 11 is 0. The van der Waals surface area contributed by atoms with Gasteiger partial charge in [0, 0.05) is 11.8 Å². The third-order valence-corrected chi connectivity index (χ3v) is 7.54. The molecule has 2 saturated carbocycles. The number of nitrogens with one attached hydrogen (secondary N) is 2. The van der Waals surface area contributed by atoms with E-state index in [1.807, 2.05) is 32.9 Å². The molecular formula is C17H28N2O4S. The summed E-state index contributed by atoms with van der Waals surface area (Å²) in [5.41, 5.74) is -1.13. The molecule has 24 heavy (non-hydrogen) atoms. The molecule has 2 aliphatic carbocycles. The summed E-state index contributed by atoms with van der Waals surface area (Å²) < 4.78 is 26.0. The van der Waals surface area contributed by atoms with E-state index < -0.39 is 26.2 Å². The smallest absolute Gasteiger partial charge is 0.259 e. The van der Waals surface area contributed by atoms with E-state index in [4.69, 9.17) is 0 Å². The summed E-state index contributed by atoms with van der Waals surface area (Å²) in [6, 6.07) is 0. The number of carbonyl (C=O) groups excluding carboxylic acids is 2. The van der Waals surface area contributed by atoms with Gasteiger partial charge in [0.15, 0.2) is 0 Å². The van der Waals surface area contributed by atoms with Crippen LogP contribution in [-0.2, 0) is 19.6 Å². The maximum Gasteiger partial charge on any atom is 0.259 e.